The van der Waals surface area contributed by atoms with Crippen molar-refractivity contribution in [2.45, 2.75) is 6.18 Å². The van der Waals surface area contributed by atoms with Crippen LogP contribution >= 0.6 is 0 Å². The Kier molecular flexibility index (Phi) is 4.63. The lowest BCUT2D eigenvalue weighted by Gasteiger charge is -2.22. The minimum Gasteiger partial charge on any atom is -0.497 e. The molecule has 0 fully saturated rings. The van der Waals surface area contributed by atoms with Gasteiger partial charge in [0.15, 0.2) is 0 Å². The Morgan fingerprint density at radius 1 is 1.08 bits per heavy atom. The lowest BCUT2D eigenvalue weighted by molar-refractivity contribution is -0.137. The highest BCUT2D eigenvalue weighted by molar-refractivity contribution is 5.93. The summed E-state index contributed by atoms with van der Waals surface area (Å²) in [6.45, 7) is 0.128. The zero-order chi connectivity index (χ0) is 18.9. The molecule has 0 saturated carbocycles. The molecule has 0 unspecified atom stereocenters. The number of fused-ring (bicyclic) bond motifs is 1. The average molecular weight is 364 g/mol. The molecule has 0 N–H and O–H groups in total. The van der Waals surface area contributed by atoms with Crippen LogP contribution in [0.3, 0.4) is 0 Å². The monoisotopic (exact) mass is 364 g/mol. The first-order valence-electron chi connectivity index (χ1n) is 7.66. The smallest absolute Gasteiger partial charge is 0.417 e. The molecule has 26 heavy (non-hydrogen) atoms. The number of ether oxygens (including phenoxy) is 3. The topological polar surface area (TPSA) is 44.8 Å². The second-order valence-corrected chi connectivity index (χ2v) is 5.54. The number of benzene rings is 2. The van der Waals surface area contributed by atoms with Gasteiger partial charge in [-0.1, -0.05) is 6.07 Å². The molecule has 1 aliphatic heterocycles. The van der Waals surface area contributed by atoms with Crippen LogP contribution in [0, 0.1) is 0 Å². The first kappa shape index (κ1) is 17.8. The number of carbonyl (C=O) groups excluding carboxylic acids is 1. The molecule has 0 spiro atoms. The van der Waals surface area contributed by atoms with Crippen molar-refractivity contribution in [2.75, 3.05) is 20.8 Å². The van der Waals surface area contributed by atoms with Crippen LogP contribution in [0.25, 0.3) is 5.57 Å². The zero-order valence-corrected chi connectivity index (χ0v) is 14.0. The van der Waals surface area contributed by atoms with Crippen LogP contribution in [-0.2, 0) is 10.9 Å². The molecular formula is C19H15F3O4. The predicted octanol–water partition coefficient (Wildman–Crippen LogP) is 4.32. The van der Waals surface area contributed by atoms with Gasteiger partial charge in [0.05, 0.1) is 25.3 Å². The number of esters is 1. The molecule has 0 bridgehead atoms. The lowest BCUT2D eigenvalue weighted by atomic mass is 9.90. The van der Waals surface area contributed by atoms with Crippen molar-refractivity contribution in [3.05, 3.63) is 64.7 Å². The Morgan fingerprint density at radius 2 is 1.85 bits per heavy atom. The first-order valence-corrected chi connectivity index (χ1v) is 7.66. The van der Waals surface area contributed by atoms with Crippen LogP contribution in [0.2, 0.25) is 0 Å². The first-order chi connectivity index (χ1) is 12.3. The molecule has 0 radical (unpaired) electrons. The molecule has 2 aromatic rings. The Morgan fingerprint density at radius 3 is 2.50 bits per heavy atom. The maximum absolute atomic E-state index is 13.6. The van der Waals surface area contributed by atoms with Gasteiger partial charge in [-0.3, -0.25) is 0 Å². The summed E-state index contributed by atoms with van der Waals surface area (Å²) < 4.78 is 55.8. The van der Waals surface area contributed by atoms with Crippen LogP contribution in [0.15, 0.2) is 42.5 Å². The van der Waals surface area contributed by atoms with Crippen molar-refractivity contribution in [1.82, 2.24) is 0 Å². The number of carbonyl (C=O) groups is 1. The fourth-order valence-corrected chi connectivity index (χ4v) is 2.81. The Hall–Kier alpha value is -2.96. The summed E-state index contributed by atoms with van der Waals surface area (Å²) in [6.07, 6.45) is -3.01. The number of rotatable bonds is 3. The summed E-state index contributed by atoms with van der Waals surface area (Å²) in [5, 5.41) is 0. The van der Waals surface area contributed by atoms with Crippen LogP contribution in [0.4, 0.5) is 13.2 Å². The fraction of sp³-hybridized carbons (Fsp3) is 0.211. The molecule has 7 heteroatoms. The van der Waals surface area contributed by atoms with Gasteiger partial charge in [0.1, 0.15) is 18.1 Å². The van der Waals surface area contributed by atoms with Gasteiger partial charge in [0, 0.05) is 5.56 Å². The van der Waals surface area contributed by atoms with Gasteiger partial charge in [-0.25, -0.2) is 4.79 Å². The summed E-state index contributed by atoms with van der Waals surface area (Å²) in [5.74, 6) is -0.0696. The maximum atomic E-state index is 13.6. The Bertz CT molecular complexity index is 885. The number of hydrogen-bond donors (Lipinski definition) is 0. The lowest BCUT2D eigenvalue weighted by Crippen LogP contribution is -2.13. The van der Waals surface area contributed by atoms with E-state index in [0.29, 0.717) is 16.9 Å². The van der Waals surface area contributed by atoms with Crippen molar-refractivity contribution in [3.63, 3.8) is 0 Å². The average Bonchev–Trinajstić information content (AvgIpc) is 2.65. The molecule has 0 aliphatic carbocycles. The molecule has 4 nitrogen and oxygen atoms in total. The van der Waals surface area contributed by atoms with Gasteiger partial charge in [0.25, 0.3) is 0 Å². The number of alkyl halides is 3. The quantitative estimate of drug-likeness (QED) is 0.761. The van der Waals surface area contributed by atoms with Crippen LogP contribution in [0.1, 0.15) is 27.0 Å². The summed E-state index contributed by atoms with van der Waals surface area (Å²) >= 11 is 0. The molecule has 0 aromatic heterocycles. The van der Waals surface area contributed by atoms with Crippen molar-refractivity contribution in [2.24, 2.45) is 0 Å². The van der Waals surface area contributed by atoms with E-state index in [1.165, 1.54) is 38.5 Å². The highest BCUT2D eigenvalue weighted by Gasteiger charge is 2.35. The molecule has 0 atom stereocenters. The van der Waals surface area contributed by atoms with E-state index in [1.807, 2.05) is 0 Å². The van der Waals surface area contributed by atoms with Crippen molar-refractivity contribution >= 4 is 11.5 Å². The molecule has 0 saturated heterocycles. The molecular weight excluding hydrogens is 349 g/mol. The summed E-state index contributed by atoms with van der Waals surface area (Å²) in [4.78, 5) is 11.8. The molecule has 1 aliphatic rings. The Labute approximate surface area is 147 Å². The second-order valence-electron chi connectivity index (χ2n) is 5.54. The maximum Gasteiger partial charge on any atom is 0.417 e. The van der Waals surface area contributed by atoms with Crippen LogP contribution in [-0.4, -0.2) is 26.8 Å². The third-order valence-electron chi connectivity index (χ3n) is 4.04. The molecule has 0 amide bonds. The summed E-state index contributed by atoms with van der Waals surface area (Å²) in [7, 11) is 2.54. The zero-order valence-electron chi connectivity index (χ0n) is 14.0. The van der Waals surface area contributed by atoms with Crippen LogP contribution < -0.4 is 9.47 Å². The molecule has 1 heterocycles. The van der Waals surface area contributed by atoms with Crippen LogP contribution in [0.5, 0.6) is 11.5 Å². The minimum absolute atomic E-state index is 0.00938. The number of hydrogen-bond acceptors (Lipinski definition) is 4. The normalized spacial score (nSPS) is 13.3. The van der Waals surface area contributed by atoms with Crippen molar-refractivity contribution in [3.8, 4) is 11.5 Å². The van der Waals surface area contributed by atoms with Crippen molar-refractivity contribution < 1.29 is 32.2 Å². The largest absolute Gasteiger partial charge is 0.497 e. The number of methoxy groups -OCH3 is 2. The third kappa shape index (κ3) is 3.24. The van der Waals surface area contributed by atoms with E-state index in [-0.39, 0.29) is 23.5 Å². The van der Waals surface area contributed by atoms with Gasteiger partial charge in [-0.15, -0.1) is 0 Å². The van der Waals surface area contributed by atoms with Crippen molar-refractivity contribution in [1.29, 1.82) is 0 Å². The molecule has 136 valence electrons. The van der Waals surface area contributed by atoms with E-state index in [0.717, 1.165) is 6.07 Å². The van der Waals surface area contributed by atoms with Gasteiger partial charge in [-0.2, -0.15) is 13.2 Å². The van der Waals surface area contributed by atoms with Gasteiger partial charge in [0.2, 0.25) is 0 Å². The predicted molar refractivity (Wildman–Crippen MR) is 88.4 cm³/mol. The van der Waals surface area contributed by atoms with Gasteiger partial charge >= 0.3 is 12.1 Å². The summed E-state index contributed by atoms with van der Waals surface area (Å²) in [5.41, 5.74) is 0.135. The van der Waals surface area contributed by atoms with E-state index in [4.69, 9.17) is 9.47 Å². The van der Waals surface area contributed by atoms with E-state index >= 15 is 0 Å². The minimum atomic E-state index is -4.57. The highest BCUT2D eigenvalue weighted by atomic mass is 19.4. The van der Waals surface area contributed by atoms with Gasteiger partial charge < -0.3 is 14.2 Å². The summed E-state index contributed by atoms with van der Waals surface area (Å²) in [6, 6.07) is 8.29. The molecule has 2 aromatic carbocycles. The van der Waals surface area contributed by atoms with E-state index in [9.17, 15) is 18.0 Å². The molecule has 3 rings (SSSR count). The second kappa shape index (κ2) is 6.74. The fourth-order valence-electron chi connectivity index (χ4n) is 2.81. The number of halogens is 3. The third-order valence-corrected chi connectivity index (χ3v) is 4.04. The van der Waals surface area contributed by atoms with E-state index in [1.54, 1.807) is 12.1 Å². The Balaban J connectivity index is 2.18. The SMILES string of the molecule is COC(=O)c1ccc2c(c1)C(c1ccc(OC)cc1C(F)(F)F)=CCO2. The van der Waals surface area contributed by atoms with E-state index < -0.39 is 17.7 Å². The standard InChI is InChI=1S/C19H15F3O4/c1-24-12-4-5-14(16(10-12)19(20,21)22)13-7-8-26-17-6-3-11(9-15(13)17)18(23)25-2/h3-7,9-10H,8H2,1-2H3. The highest BCUT2D eigenvalue weighted by Crippen LogP contribution is 2.42. The van der Waals surface area contributed by atoms with Gasteiger partial charge in [-0.05, 0) is 47.5 Å². The van der Waals surface area contributed by atoms with E-state index in [2.05, 4.69) is 4.74 Å².